The third-order valence-electron chi connectivity index (χ3n) is 2.97. The zero-order valence-electron chi connectivity index (χ0n) is 11.5. The smallest absolute Gasteiger partial charge is 0.337 e. The molecule has 1 amide bonds. The van der Waals surface area contributed by atoms with Crippen LogP contribution >= 0.6 is 11.3 Å². The summed E-state index contributed by atoms with van der Waals surface area (Å²) in [6.07, 6.45) is 0. The van der Waals surface area contributed by atoms with Crippen molar-refractivity contribution in [1.82, 2.24) is 5.32 Å². The number of benzene rings is 1. The maximum Gasteiger partial charge on any atom is 0.337 e. The van der Waals surface area contributed by atoms with E-state index in [1.54, 1.807) is 24.3 Å². The fourth-order valence-electron chi connectivity index (χ4n) is 1.77. The van der Waals surface area contributed by atoms with Gasteiger partial charge in [0, 0.05) is 11.4 Å². The van der Waals surface area contributed by atoms with Crippen molar-refractivity contribution in [3.63, 3.8) is 0 Å². The van der Waals surface area contributed by atoms with Gasteiger partial charge in [-0.2, -0.15) is 0 Å². The Kier molecular flexibility index (Phi) is 5.08. The highest BCUT2D eigenvalue weighted by molar-refractivity contribution is 7.10. The second-order valence-electron chi connectivity index (χ2n) is 4.40. The summed E-state index contributed by atoms with van der Waals surface area (Å²) >= 11 is 1.45. The van der Waals surface area contributed by atoms with Crippen molar-refractivity contribution in [3.05, 3.63) is 57.8 Å². The normalized spacial score (nSPS) is 11.7. The van der Waals surface area contributed by atoms with E-state index >= 15 is 0 Å². The lowest BCUT2D eigenvalue weighted by Crippen LogP contribution is -2.33. The molecule has 6 heteroatoms. The van der Waals surface area contributed by atoms with Crippen molar-refractivity contribution in [3.8, 4) is 0 Å². The molecule has 0 aliphatic heterocycles. The lowest BCUT2D eigenvalue weighted by Gasteiger charge is -2.11. The first-order chi connectivity index (χ1) is 10.1. The third-order valence-corrected chi connectivity index (χ3v) is 3.93. The Bertz CT molecular complexity index is 608. The molecule has 1 heterocycles. The van der Waals surface area contributed by atoms with Gasteiger partial charge in [-0.25, -0.2) is 4.79 Å². The van der Waals surface area contributed by atoms with Crippen molar-refractivity contribution >= 4 is 23.2 Å². The Morgan fingerprint density at radius 2 is 2.00 bits per heavy atom. The van der Waals surface area contributed by atoms with Gasteiger partial charge in [-0.3, -0.25) is 4.79 Å². The maximum absolute atomic E-state index is 11.9. The minimum atomic E-state index is -0.653. The minimum Gasteiger partial charge on any atom is -0.465 e. The fourth-order valence-corrected chi connectivity index (χ4v) is 2.50. The number of rotatable bonds is 5. The van der Waals surface area contributed by atoms with Gasteiger partial charge in [0.2, 0.25) is 5.91 Å². The average Bonchev–Trinajstić information content (AvgIpc) is 3.06. The highest BCUT2D eigenvalue weighted by atomic mass is 32.1. The number of nitrogens with one attached hydrogen (secondary N) is 1. The van der Waals surface area contributed by atoms with E-state index in [-0.39, 0.29) is 11.9 Å². The molecule has 2 aromatic rings. The van der Waals surface area contributed by atoms with Crippen molar-refractivity contribution in [2.24, 2.45) is 5.73 Å². The van der Waals surface area contributed by atoms with Crippen LogP contribution in [0.2, 0.25) is 0 Å². The van der Waals surface area contributed by atoms with Gasteiger partial charge in [0.05, 0.1) is 12.7 Å². The van der Waals surface area contributed by atoms with Crippen LogP contribution < -0.4 is 11.1 Å². The first kappa shape index (κ1) is 15.2. The van der Waals surface area contributed by atoms with Crippen LogP contribution in [0.15, 0.2) is 41.8 Å². The summed E-state index contributed by atoms with van der Waals surface area (Å²) < 4.78 is 4.62. The Morgan fingerprint density at radius 1 is 1.29 bits per heavy atom. The molecule has 0 aliphatic rings. The van der Waals surface area contributed by atoms with Crippen LogP contribution in [0.3, 0.4) is 0 Å². The van der Waals surface area contributed by atoms with E-state index in [2.05, 4.69) is 10.1 Å². The van der Waals surface area contributed by atoms with E-state index < -0.39 is 6.04 Å². The number of ether oxygens (including phenoxy) is 1. The largest absolute Gasteiger partial charge is 0.465 e. The summed E-state index contributed by atoms with van der Waals surface area (Å²) in [5.74, 6) is -0.611. The van der Waals surface area contributed by atoms with E-state index in [9.17, 15) is 9.59 Å². The van der Waals surface area contributed by atoms with Gasteiger partial charge in [-0.15, -0.1) is 11.3 Å². The first-order valence-corrected chi connectivity index (χ1v) is 7.23. The highest BCUT2D eigenvalue weighted by Crippen LogP contribution is 2.16. The van der Waals surface area contributed by atoms with Gasteiger partial charge in [0.25, 0.3) is 0 Å². The molecule has 5 nitrogen and oxygen atoms in total. The number of nitrogens with two attached hydrogens (primary N) is 1. The van der Waals surface area contributed by atoms with Gasteiger partial charge in [0.15, 0.2) is 0 Å². The molecule has 3 N–H and O–H groups in total. The number of thiophene rings is 1. The molecule has 0 saturated heterocycles. The predicted octanol–water partition coefficient (Wildman–Crippen LogP) is 1.85. The fraction of sp³-hybridized carbons (Fsp3) is 0.200. The Hall–Kier alpha value is -2.18. The Labute approximate surface area is 126 Å². The summed E-state index contributed by atoms with van der Waals surface area (Å²) in [6, 6.07) is 9.89. The van der Waals surface area contributed by atoms with Crippen LogP contribution in [0, 0.1) is 0 Å². The monoisotopic (exact) mass is 304 g/mol. The SMILES string of the molecule is COC(=O)c1ccc(CNC(=O)C(N)c2cccs2)cc1. The molecule has 1 aromatic carbocycles. The van der Waals surface area contributed by atoms with Crippen molar-refractivity contribution in [1.29, 1.82) is 0 Å². The molecule has 1 aromatic heterocycles. The lowest BCUT2D eigenvalue weighted by atomic mass is 10.1. The number of hydrogen-bond donors (Lipinski definition) is 2. The molecule has 0 fully saturated rings. The number of carbonyl (C=O) groups is 2. The van der Waals surface area contributed by atoms with Crippen molar-refractivity contribution < 1.29 is 14.3 Å². The van der Waals surface area contributed by atoms with E-state index in [1.807, 2.05) is 17.5 Å². The quantitative estimate of drug-likeness (QED) is 0.826. The van der Waals surface area contributed by atoms with Crippen LogP contribution in [0.25, 0.3) is 0 Å². The van der Waals surface area contributed by atoms with E-state index in [0.717, 1.165) is 10.4 Å². The topological polar surface area (TPSA) is 81.4 Å². The molecule has 0 spiro atoms. The van der Waals surface area contributed by atoms with Gasteiger partial charge in [-0.1, -0.05) is 18.2 Å². The van der Waals surface area contributed by atoms with Gasteiger partial charge in [0.1, 0.15) is 6.04 Å². The second kappa shape index (κ2) is 7.01. The van der Waals surface area contributed by atoms with Crippen LogP contribution in [-0.2, 0) is 16.1 Å². The van der Waals surface area contributed by atoms with Gasteiger partial charge >= 0.3 is 5.97 Å². The van der Waals surface area contributed by atoms with Gasteiger partial charge < -0.3 is 15.8 Å². The first-order valence-electron chi connectivity index (χ1n) is 6.35. The summed E-state index contributed by atoms with van der Waals surface area (Å²) in [5, 5.41) is 4.66. The molecular formula is C15H16N2O3S. The Morgan fingerprint density at radius 3 is 2.57 bits per heavy atom. The lowest BCUT2D eigenvalue weighted by molar-refractivity contribution is -0.122. The van der Waals surface area contributed by atoms with E-state index in [0.29, 0.717) is 12.1 Å². The maximum atomic E-state index is 11.9. The molecule has 0 saturated carbocycles. The van der Waals surface area contributed by atoms with Gasteiger partial charge in [-0.05, 0) is 29.1 Å². The molecule has 0 aliphatic carbocycles. The predicted molar refractivity (Wildman–Crippen MR) is 80.9 cm³/mol. The standard InChI is InChI=1S/C15H16N2O3S/c1-20-15(19)11-6-4-10(5-7-11)9-17-14(18)13(16)12-3-2-8-21-12/h2-8,13H,9,16H2,1H3,(H,17,18). The minimum absolute atomic E-state index is 0.227. The summed E-state index contributed by atoms with van der Waals surface area (Å²) in [5.41, 5.74) is 7.22. The molecule has 1 unspecified atom stereocenters. The Balaban J connectivity index is 1.91. The zero-order valence-corrected chi connectivity index (χ0v) is 12.4. The highest BCUT2D eigenvalue weighted by Gasteiger charge is 2.16. The number of esters is 1. The molecular weight excluding hydrogens is 288 g/mol. The van der Waals surface area contributed by atoms with E-state index in [1.165, 1.54) is 18.4 Å². The van der Waals surface area contributed by atoms with Crippen molar-refractivity contribution in [2.45, 2.75) is 12.6 Å². The molecule has 21 heavy (non-hydrogen) atoms. The number of methoxy groups -OCH3 is 1. The number of amides is 1. The van der Waals surface area contributed by atoms with Crippen LogP contribution in [0.4, 0.5) is 0 Å². The zero-order chi connectivity index (χ0) is 15.2. The molecule has 0 bridgehead atoms. The van der Waals surface area contributed by atoms with Crippen molar-refractivity contribution in [2.75, 3.05) is 7.11 Å². The summed E-state index contributed by atoms with van der Waals surface area (Å²) in [4.78, 5) is 24.1. The molecule has 2 rings (SSSR count). The average molecular weight is 304 g/mol. The molecule has 0 radical (unpaired) electrons. The molecule has 110 valence electrons. The van der Waals surface area contributed by atoms with Crippen LogP contribution in [0.1, 0.15) is 26.8 Å². The summed E-state index contributed by atoms with van der Waals surface area (Å²) in [7, 11) is 1.34. The second-order valence-corrected chi connectivity index (χ2v) is 5.38. The van der Waals surface area contributed by atoms with E-state index in [4.69, 9.17) is 5.73 Å². The number of carbonyl (C=O) groups excluding carboxylic acids is 2. The number of hydrogen-bond acceptors (Lipinski definition) is 5. The third kappa shape index (κ3) is 3.90. The van der Waals surface area contributed by atoms with Crippen LogP contribution in [-0.4, -0.2) is 19.0 Å². The van der Waals surface area contributed by atoms with Crippen LogP contribution in [0.5, 0.6) is 0 Å². The molecule has 1 atom stereocenters. The summed E-state index contributed by atoms with van der Waals surface area (Å²) in [6.45, 7) is 0.360.